The smallest absolute Gasteiger partial charge is 0.238 e. The number of carbonyl (C=O) groups is 2. The molecule has 0 bridgehead atoms. The zero-order valence-electron chi connectivity index (χ0n) is 19.6. The monoisotopic (exact) mass is 433 g/mol. The molecule has 32 heavy (non-hydrogen) atoms. The van der Waals surface area contributed by atoms with Gasteiger partial charge in [0.1, 0.15) is 0 Å². The number of benzene rings is 2. The van der Waals surface area contributed by atoms with Crippen molar-refractivity contribution in [1.29, 1.82) is 0 Å². The Morgan fingerprint density at radius 3 is 1.97 bits per heavy atom. The van der Waals surface area contributed by atoms with Crippen molar-refractivity contribution in [1.82, 2.24) is 14.7 Å². The van der Waals surface area contributed by atoms with Gasteiger partial charge in [-0.2, -0.15) is 5.10 Å². The van der Waals surface area contributed by atoms with Gasteiger partial charge in [0.05, 0.1) is 35.9 Å². The molecule has 0 aliphatic heterocycles. The molecule has 1 aromatic heterocycles. The Hall–Kier alpha value is -3.45. The predicted octanol–water partition coefficient (Wildman–Crippen LogP) is 3.92. The summed E-state index contributed by atoms with van der Waals surface area (Å²) in [6.45, 7) is 9.98. The molecule has 0 spiro atoms. The standard InChI is InChI=1S/C25H31N5O2/c1-16-12-17(2)24(18(3)13-16)26-22(31)14-29(6)15-23(32)27-25-19(4)28-30(20(25)5)21-10-8-7-9-11-21/h7-13H,14-15H2,1-6H3,(H,26,31)(H,27,32). The van der Waals surface area contributed by atoms with Crippen molar-refractivity contribution in [3.63, 3.8) is 0 Å². The summed E-state index contributed by atoms with van der Waals surface area (Å²) in [5.74, 6) is -0.346. The third-order valence-corrected chi connectivity index (χ3v) is 5.32. The molecule has 0 atom stereocenters. The molecule has 1 heterocycles. The van der Waals surface area contributed by atoms with Gasteiger partial charge < -0.3 is 10.6 Å². The van der Waals surface area contributed by atoms with Crippen LogP contribution in [0, 0.1) is 34.6 Å². The molecule has 7 nitrogen and oxygen atoms in total. The van der Waals surface area contributed by atoms with E-state index in [0.717, 1.165) is 39.5 Å². The molecule has 3 rings (SSSR count). The van der Waals surface area contributed by atoms with Gasteiger partial charge in [0, 0.05) is 5.69 Å². The van der Waals surface area contributed by atoms with E-state index in [4.69, 9.17) is 0 Å². The van der Waals surface area contributed by atoms with Crippen molar-refractivity contribution in [2.24, 2.45) is 0 Å². The lowest BCUT2D eigenvalue weighted by molar-refractivity contribution is -0.119. The molecule has 0 radical (unpaired) electrons. The second-order valence-electron chi connectivity index (χ2n) is 8.34. The van der Waals surface area contributed by atoms with Gasteiger partial charge in [-0.1, -0.05) is 35.9 Å². The quantitative estimate of drug-likeness (QED) is 0.592. The highest BCUT2D eigenvalue weighted by molar-refractivity contribution is 5.96. The van der Waals surface area contributed by atoms with Crippen LogP contribution in [0.25, 0.3) is 5.69 Å². The van der Waals surface area contributed by atoms with Crippen LogP contribution in [0.15, 0.2) is 42.5 Å². The van der Waals surface area contributed by atoms with E-state index >= 15 is 0 Å². The maximum Gasteiger partial charge on any atom is 0.238 e. The van der Waals surface area contributed by atoms with E-state index in [9.17, 15) is 9.59 Å². The Labute approximate surface area is 189 Å². The van der Waals surface area contributed by atoms with Crippen LogP contribution in [-0.2, 0) is 9.59 Å². The number of rotatable bonds is 7. The summed E-state index contributed by atoms with van der Waals surface area (Å²) in [6.07, 6.45) is 0. The zero-order valence-corrected chi connectivity index (χ0v) is 19.6. The minimum Gasteiger partial charge on any atom is -0.324 e. The molecule has 7 heteroatoms. The van der Waals surface area contributed by atoms with E-state index in [-0.39, 0.29) is 24.9 Å². The topological polar surface area (TPSA) is 79.3 Å². The van der Waals surface area contributed by atoms with Crippen LogP contribution in [0.3, 0.4) is 0 Å². The lowest BCUT2D eigenvalue weighted by Crippen LogP contribution is -2.36. The molecule has 2 amide bonds. The molecule has 2 aromatic carbocycles. The van der Waals surface area contributed by atoms with Crippen molar-refractivity contribution in [2.45, 2.75) is 34.6 Å². The number of carbonyl (C=O) groups excluding carboxylic acids is 2. The largest absolute Gasteiger partial charge is 0.324 e. The predicted molar refractivity (Wildman–Crippen MR) is 128 cm³/mol. The van der Waals surface area contributed by atoms with E-state index in [1.54, 1.807) is 11.9 Å². The first-order valence-corrected chi connectivity index (χ1v) is 10.6. The lowest BCUT2D eigenvalue weighted by atomic mass is 10.1. The summed E-state index contributed by atoms with van der Waals surface area (Å²) >= 11 is 0. The van der Waals surface area contributed by atoms with E-state index in [0.29, 0.717) is 5.69 Å². The Kier molecular flexibility index (Phi) is 7.10. The average molecular weight is 434 g/mol. The molecule has 0 saturated heterocycles. The lowest BCUT2D eigenvalue weighted by Gasteiger charge is -2.18. The number of hydrogen-bond donors (Lipinski definition) is 2. The normalized spacial score (nSPS) is 11.0. The van der Waals surface area contributed by atoms with E-state index in [1.807, 2.05) is 81.8 Å². The fourth-order valence-corrected chi connectivity index (χ4v) is 3.93. The third kappa shape index (κ3) is 5.42. The second-order valence-corrected chi connectivity index (χ2v) is 8.34. The minimum absolute atomic E-state index is 0.0919. The number of hydrogen-bond acceptors (Lipinski definition) is 4. The van der Waals surface area contributed by atoms with Crippen LogP contribution in [0.2, 0.25) is 0 Å². The molecule has 0 unspecified atom stereocenters. The number of para-hydroxylation sites is 1. The van der Waals surface area contributed by atoms with Crippen molar-refractivity contribution in [3.8, 4) is 5.69 Å². The third-order valence-electron chi connectivity index (χ3n) is 5.32. The summed E-state index contributed by atoms with van der Waals surface area (Å²) in [7, 11) is 1.75. The highest BCUT2D eigenvalue weighted by Gasteiger charge is 2.17. The van der Waals surface area contributed by atoms with Crippen molar-refractivity contribution in [2.75, 3.05) is 30.8 Å². The highest BCUT2D eigenvalue weighted by atomic mass is 16.2. The molecule has 0 fully saturated rings. The number of nitrogens with one attached hydrogen (secondary N) is 2. The van der Waals surface area contributed by atoms with Gasteiger partial charge in [0.25, 0.3) is 0 Å². The first-order chi connectivity index (χ1) is 15.2. The minimum atomic E-state index is -0.193. The Morgan fingerprint density at radius 2 is 1.41 bits per heavy atom. The Bertz CT molecular complexity index is 1110. The fraction of sp³-hybridized carbons (Fsp3) is 0.320. The van der Waals surface area contributed by atoms with E-state index in [1.165, 1.54) is 0 Å². The molecule has 168 valence electrons. The van der Waals surface area contributed by atoms with Crippen LogP contribution < -0.4 is 10.6 Å². The maximum atomic E-state index is 12.6. The van der Waals surface area contributed by atoms with E-state index < -0.39 is 0 Å². The fourth-order valence-electron chi connectivity index (χ4n) is 3.93. The summed E-state index contributed by atoms with van der Waals surface area (Å²) in [4.78, 5) is 26.9. The van der Waals surface area contributed by atoms with Gasteiger partial charge in [0.2, 0.25) is 11.8 Å². The molecule has 0 aliphatic carbocycles. The Balaban J connectivity index is 1.60. The average Bonchev–Trinajstić information content (AvgIpc) is 2.99. The van der Waals surface area contributed by atoms with Gasteiger partial charge in [-0.3, -0.25) is 14.5 Å². The number of likely N-dealkylation sites (N-methyl/N-ethyl adjacent to an activating group) is 1. The van der Waals surface area contributed by atoms with Gasteiger partial charge >= 0.3 is 0 Å². The van der Waals surface area contributed by atoms with Crippen molar-refractivity contribution < 1.29 is 9.59 Å². The summed E-state index contributed by atoms with van der Waals surface area (Å²) in [6, 6.07) is 13.9. The first-order valence-electron chi connectivity index (χ1n) is 10.6. The molecular weight excluding hydrogens is 402 g/mol. The molecule has 2 N–H and O–H groups in total. The summed E-state index contributed by atoms with van der Waals surface area (Å²) < 4.78 is 1.81. The molecular formula is C25H31N5O2. The van der Waals surface area contributed by atoms with Crippen molar-refractivity contribution >= 4 is 23.2 Å². The summed E-state index contributed by atoms with van der Waals surface area (Å²) in [5, 5.41) is 10.5. The zero-order chi connectivity index (χ0) is 23.4. The number of nitrogens with zero attached hydrogens (tertiary/aromatic N) is 3. The maximum absolute atomic E-state index is 12.6. The second kappa shape index (κ2) is 9.78. The molecule has 0 aliphatic rings. The number of aryl methyl sites for hydroxylation is 4. The first kappa shape index (κ1) is 23.2. The van der Waals surface area contributed by atoms with Gasteiger partial charge in [-0.15, -0.1) is 0 Å². The Morgan fingerprint density at radius 1 is 0.875 bits per heavy atom. The summed E-state index contributed by atoms with van der Waals surface area (Å²) in [5.41, 5.74) is 7.27. The molecule has 3 aromatic rings. The number of aromatic nitrogens is 2. The van der Waals surface area contributed by atoms with Crippen LogP contribution >= 0.6 is 0 Å². The number of amides is 2. The van der Waals surface area contributed by atoms with Crippen LogP contribution in [0.5, 0.6) is 0 Å². The van der Waals surface area contributed by atoms with Crippen LogP contribution in [-0.4, -0.2) is 46.6 Å². The van der Waals surface area contributed by atoms with E-state index in [2.05, 4.69) is 15.7 Å². The highest BCUT2D eigenvalue weighted by Crippen LogP contribution is 2.23. The van der Waals surface area contributed by atoms with Crippen LogP contribution in [0.1, 0.15) is 28.1 Å². The SMILES string of the molecule is Cc1cc(C)c(NC(=O)CN(C)CC(=O)Nc2c(C)nn(-c3ccccc3)c2C)c(C)c1. The van der Waals surface area contributed by atoms with Crippen molar-refractivity contribution in [3.05, 3.63) is 70.5 Å². The van der Waals surface area contributed by atoms with Gasteiger partial charge in [-0.25, -0.2) is 4.68 Å². The number of anilines is 2. The van der Waals surface area contributed by atoms with Gasteiger partial charge in [0.15, 0.2) is 0 Å². The van der Waals surface area contributed by atoms with Crippen LogP contribution in [0.4, 0.5) is 11.4 Å². The molecule has 0 saturated carbocycles. The van der Waals surface area contributed by atoms with Gasteiger partial charge in [-0.05, 0) is 64.9 Å².